The van der Waals surface area contributed by atoms with E-state index >= 15 is 0 Å². The van der Waals surface area contributed by atoms with Crippen LogP contribution in [-0.2, 0) is 13.0 Å². The lowest BCUT2D eigenvalue weighted by Gasteiger charge is -2.14. The molecule has 1 aliphatic heterocycles. The van der Waals surface area contributed by atoms with Crippen LogP contribution in [0.25, 0.3) is 10.9 Å². The van der Waals surface area contributed by atoms with Crippen molar-refractivity contribution in [2.24, 2.45) is 0 Å². The Morgan fingerprint density at radius 2 is 2.12 bits per heavy atom. The molecule has 6 heteroatoms. The van der Waals surface area contributed by atoms with E-state index in [1.54, 1.807) is 18.5 Å². The molecule has 1 aliphatic rings. The molecule has 0 amide bonds. The van der Waals surface area contributed by atoms with E-state index < -0.39 is 0 Å². The summed E-state index contributed by atoms with van der Waals surface area (Å²) in [6.07, 6.45) is 4.25. The van der Waals surface area contributed by atoms with Crippen molar-refractivity contribution in [3.05, 3.63) is 53.5 Å². The molecule has 0 atom stereocenters. The monoisotopic (exact) mass is 334 g/mol. The summed E-state index contributed by atoms with van der Waals surface area (Å²) < 4.78 is 0. The number of anilines is 2. The van der Waals surface area contributed by atoms with E-state index in [4.69, 9.17) is 5.11 Å². The zero-order valence-corrected chi connectivity index (χ0v) is 13.6. The molecule has 0 fully saturated rings. The minimum absolute atomic E-state index is 0.0906. The smallest absolute Gasteiger partial charge is 0.103 e. The molecule has 0 spiro atoms. The number of hydrogen-bond donors (Lipinski definition) is 2. The van der Waals surface area contributed by atoms with Crippen LogP contribution in [0.5, 0.6) is 0 Å². The maximum atomic E-state index is 9.50. The van der Waals surface area contributed by atoms with Crippen LogP contribution in [-0.4, -0.2) is 20.8 Å². The highest BCUT2D eigenvalue weighted by atomic mass is 32.2. The fourth-order valence-corrected chi connectivity index (χ4v) is 4.00. The maximum absolute atomic E-state index is 9.50. The van der Waals surface area contributed by atoms with Crippen LogP contribution in [0.3, 0.4) is 0 Å². The number of aliphatic hydroxyl groups excluding tert-OH is 1. The van der Waals surface area contributed by atoms with Crippen molar-refractivity contribution in [2.75, 3.05) is 11.1 Å². The van der Waals surface area contributed by atoms with Gasteiger partial charge in [-0.2, -0.15) is 5.26 Å². The lowest BCUT2D eigenvalue weighted by molar-refractivity contribution is 0.277. The van der Waals surface area contributed by atoms with Crippen LogP contribution in [0, 0.1) is 11.3 Å². The first kappa shape index (κ1) is 14.9. The molecular weight excluding hydrogens is 320 g/mol. The van der Waals surface area contributed by atoms with Gasteiger partial charge in [-0.05, 0) is 36.2 Å². The lowest BCUT2D eigenvalue weighted by atomic mass is 10.0. The standard InChI is InChI=1S/C18H14N4OS/c19-7-11-8-21-15-3-4-16-14(5-6-24-16)17(15)18(11)22-12-1-2-13(10-23)20-9-12/h1-4,8-9,23H,5-6,10H2,(H,21,22). The third-order valence-electron chi connectivity index (χ3n) is 4.09. The molecule has 118 valence electrons. The zero-order valence-electron chi connectivity index (χ0n) is 12.8. The Morgan fingerprint density at radius 1 is 1.21 bits per heavy atom. The Hall–Kier alpha value is -2.62. The summed E-state index contributed by atoms with van der Waals surface area (Å²) in [6, 6.07) is 9.96. The summed E-state index contributed by atoms with van der Waals surface area (Å²) in [4.78, 5) is 9.89. The van der Waals surface area contributed by atoms with Gasteiger partial charge in [-0.15, -0.1) is 11.8 Å². The van der Waals surface area contributed by atoms with Gasteiger partial charge in [0.15, 0.2) is 0 Å². The number of rotatable bonds is 3. The average Bonchev–Trinajstić information content (AvgIpc) is 3.11. The van der Waals surface area contributed by atoms with Gasteiger partial charge >= 0.3 is 0 Å². The van der Waals surface area contributed by atoms with E-state index in [9.17, 15) is 5.26 Å². The molecule has 0 saturated carbocycles. The Labute approximate surface area is 143 Å². The van der Waals surface area contributed by atoms with E-state index in [0.717, 1.165) is 34.5 Å². The summed E-state index contributed by atoms with van der Waals surface area (Å²) in [5.74, 6) is 1.05. The van der Waals surface area contributed by atoms with Crippen molar-refractivity contribution < 1.29 is 5.11 Å². The van der Waals surface area contributed by atoms with E-state index in [1.807, 2.05) is 23.9 Å². The van der Waals surface area contributed by atoms with Crippen LogP contribution in [0.1, 0.15) is 16.8 Å². The van der Waals surface area contributed by atoms with E-state index in [2.05, 4.69) is 27.4 Å². The highest BCUT2D eigenvalue weighted by Gasteiger charge is 2.19. The van der Waals surface area contributed by atoms with Crippen molar-refractivity contribution >= 4 is 34.0 Å². The van der Waals surface area contributed by atoms with Crippen LogP contribution >= 0.6 is 11.8 Å². The number of nitrogens with zero attached hydrogens (tertiary/aromatic N) is 3. The fourth-order valence-electron chi connectivity index (χ4n) is 2.93. The highest BCUT2D eigenvalue weighted by molar-refractivity contribution is 7.99. The summed E-state index contributed by atoms with van der Waals surface area (Å²) in [5.41, 5.74) is 4.82. The van der Waals surface area contributed by atoms with Gasteiger partial charge in [-0.25, -0.2) is 0 Å². The molecule has 0 aliphatic carbocycles. The number of aryl methyl sites for hydroxylation is 1. The number of nitriles is 1. The second-order valence-electron chi connectivity index (χ2n) is 5.51. The van der Waals surface area contributed by atoms with Gasteiger partial charge in [0.05, 0.1) is 41.0 Å². The second kappa shape index (κ2) is 6.11. The molecule has 2 aromatic heterocycles. The van der Waals surface area contributed by atoms with Gasteiger partial charge < -0.3 is 10.4 Å². The number of hydrogen-bond acceptors (Lipinski definition) is 6. The minimum atomic E-state index is -0.0906. The fraction of sp³-hybridized carbons (Fsp3) is 0.167. The Balaban J connectivity index is 1.89. The van der Waals surface area contributed by atoms with Gasteiger partial charge in [0.1, 0.15) is 6.07 Å². The average molecular weight is 334 g/mol. The van der Waals surface area contributed by atoms with Crippen LogP contribution in [0.15, 0.2) is 41.6 Å². The number of pyridine rings is 2. The molecule has 5 nitrogen and oxygen atoms in total. The zero-order chi connectivity index (χ0) is 16.5. The SMILES string of the molecule is N#Cc1cnc2ccc3c(c2c1Nc1ccc(CO)nc1)CCS3. The van der Waals surface area contributed by atoms with E-state index in [0.29, 0.717) is 11.3 Å². The summed E-state index contributed by atoms with van der Waals surface area (Å²) >= 11 is 1.84. The number of benzene rings is 1. The molecule has 1 aromatic carbocycles. The first-order valence-electron chi connectivity index (χ1n) is 7.60. The van der Waals surface area contributed by atoms with Crippen molar-refractivity contribution in [3.63, 3.8) is 0 Å². The van der Waals surface area contributed by atoms with Crippen molar-refractivity contribution in [2.45, 2.75) is 17.9 Å². The first-order chi connectivity index (χ1) is 11.8. The maximum Gasteiger partial charge on any atom is 0.103 e. The van der Waals surface area contributed by atoms with Crippen molar-refractivity contribution in [3.8, 4) is 6.07 Å². The summed E-state index contributed by atoms with van der Waals surface area (Å²) in [7, 11) is 0. The number of nitrogens with one attached hydrogen (secondary N) is 1. The Morgan fingerprint density at radius 3 is 2.88 bits per heavy atom. The predicted octanol–water partition coefficient (Wildman–Crippen LogP) is 3.39. The number of fused-ring (bicyclic) bond motifs is 3. The normalized spacial score (nSPS) is 12.8. The quantitative estimate of drug-likeness (QED) is 0.764. The number of aliphatic hydroxyl groups is 1. The molecule has 0 unspecified atom stereocenters. The third-order valence-corrected chi connectivity index (χ3v) is 5.19. The van der Waals surface area contributed by atoms with Crippen molar-refractivity contribution in [1.82, 2.24) is 9.97 Å². The highest BCUT2D eigenvalue weighted by Crippen LogP contribution is 2.40. The molecule has 0 bridgehead atoms. The van der Waals surface area contributed by atoms with Gasteiger partial charge in [0, 0.05) is 22.2 Å². The number of thioether (sulfide) groups is 1. The third kappa shape index (κ3) is 2.48. The lowest BCUT2D eigenvalue weighted by Crippen LogP contribution is -2.00. The van der Waals surface area contributed by atoms with Gasteiger partial charge in [-0.3, -0.25) is 9.97 Å². The largest absolute Gasteiger partial charge is 0.390 e. The van der Waals surface area contributed by atoms with Gasteiger partial charge in [0.2, 0.25) is 0 Å². The summed E-state index contributed by atoms with van der Waals surface area (Å²) in [5, 5.41) is 23.0. The van der Waals surface area contributed by atoms with Crippen LogP contribution in [0.2, 0.25) is 0 Å². The van der Waals surface area contributed by atoms with Gasteiger partial charge in [-0.1, -0.05) is 0 Å². The molecule has 3 aromatic rings. The molecule has 4 rings (SSSR count). The molecule has 0 radical (unpaired) electrons. The molecule has 0 saturated heterocycles. The van der Waals surface area contributed by atoms with Crippen LogP contribution < -0.4 is 5.32 Å². The van der Waals surface area contributed by atoms with Crippen molar-refractivity contribution in [1.29, 1.82) is 5.26 Å². The topological polar surface area (TPSA) is 81.8 Å². The number of aromatic nitrogens is 2. The summed E-state index contributed by atoms with van der Waals surface area (Å²) in [6.45, 7) is -0.0906. The second-order valence-corrected chi connectivity index (χ2v) is 6.65. The van der Waals surface area contributed by atoms with Gasteiger partial charge in [0.25, 0.3) is 0 Å². The first-order valence-corrected chi connectivity index (χ1v) is 8.59. The molecular formula is C18H14N4OS. The molecule has 24 heavy (non-hydrogen) atoms. The Bertz CT molecular complexity index is 963. The van der Waals surface area contributed by atoms with E-state index in [-0.39, 0.29) is 6.61 Å². The minimum Gasteiger partial charge on any atom is -0.390 e. The Kier molecular flexibility index (Phi) is 3.81. The predicted molar refractivity (Wildman–Crippen MR) is 94.3 cm³/mol. The van der Waals surface area contributed by atoms with E-state index in [1.165, 1.54) is 10.5 Å². The van der Waals surface area contributed by atoms with Crippen LogP contribution in [0.4, 0.5) is 11.4 Å². The molecule has 2 N–H and O–H groups in total. The molecule has 3 heterocycles.